The zero-order chi connectivity index (χ0) is 24.7. The molecule has 0 bridgehead atoms. The third-order valence-corrected chi connectivity index (χ3v) is 7.21. The van der Waals surface area contributed by atoms with E-state index in [1.165, 1.54) is 33.8 Å². The quantitative estimate of drug-likeness (QED) is 0.339. The first-order valence-electron chi connectivity index (χ1n) is 11.8. The van der Waals surface area contributed by atoms with Crippen LogP contribution in [0.3, 0.4) is 0 Å². The molecule has 1 aliphatic heterocycles. The molecule has 35 heavy (non-hydrogen) atoms. The smallest absolute Gasteiger partial charge is 0.174 e. The van der Waals surface area contributed by atoms with Gasteiger partial charge in [-0.3, -0.25) is 4.98 Å². The van der Waals surface area contributed by atoms with Crippen LogP contribution in [0.4, 0.5) is 5.69 Å². The average molecular weight is 483 g/mol. The van der Waals surface area contributed by atoms with Crippen LogP contribution in [-0.4, -0.2) is 21.8 Å². The Bertz CT molecular complexity index is 1380. The molecular formula is C29H30N4OS. The maximum atomic E-state index is 5.93. The second kappa shape index (κ2) is 9.19. The SMILES string of the molecule is COc1ccccc1N1C(=S)N[C@@H](c2ccccn2)[C@H]1c1cc(C)n(-c2c(C)cccc2C)c1C. The molecular weight excluding hydrogens is 452 g/mol. The molecule has 0 unspecified atom stereocenters. The summed E-state index contributed by atoms with van der Waals surface area (Å²) in [6.07, 6.45) is 1.84. The van der Waals surface area contributed by atoms with E-state index in [1.807, 2.05) is 36.5 Å². The number of thiocarbonyl (C=S) groups is 1. The lowest BCUT2D eigenvalue weighted by molar-refractivity contribution is 0.414. The monoisotopic (exact) mass is 482 g/mol. The molecule has 2 atom stereocenters. The highest BCUT2D eigenvalue weighted by atomic mass is 32.1. The second-order valence-electron chi connectivity index (χ2n) is 9.07. The molecule has 5 rings (SSSR count). The number of hydrogen-bond donors (Lipinski definition) is 1. The van der Waals surface area contributed by atoms with Gasteiger partial charge < -0.3 is 19.5 Å². The minimum Gasteiger partial charge on any atom is -0.495 e. The molecule has 0 saturated carbocycles. The van der Waals surface area contributed by atoms with Crippen LogP contribution in [0, 0.1) is 27.7 Å². The van der Waals surface area contributed by atoms with E-state index in [9.17, 15) is 0 Å². The van der Waals surface area contributed by atoms with E-state index in [4.69, 9.17) is 21.9 Å². The predicted octanol–water partition coefficient (Wildman–Crippen LogP) is 6.29. The Hall–Kier alpha value is -3.64. The van der Waals surface area contributed by atoms with Crippen molar-refractivity contribution in [3.8, 4) is 11.4 Å². The summed E-state index contributed by atoms with van der Waals surface area (Å²) in [5.41, 5.74) is 9.22. The summed E-state index contributed by atoms with van der Waals surface area (Å²) in [5.74, 6) is 0.784. The minimum absolute atomic E-state index is 0.0991. The summed E-state index contributed by atoms with van der Waals surface area (Å²) in [4.78, 5) is 6.88. The van der Waals surface area contributed by atoms with Gasteiger partial charge in [0.1, 0.15) is 5.75 Å². The molecule has 5 nitrogen and oxygen atoms in total. The highest BCUT2D eigenvalue weighted by molar-refractivity contribution is 7.80. The van der Waals surface area contributed by atoms with Gasteiger partial charge in [0.2, 0.25) is 0 Å². The van der Waals surface area contributed by atoms with Gasteiger partial charge in [0.15, 0.2) is 5.11 Å². The second-order valence-corrected chi connectivity index (χ2v) is 9.46. The van der Waals surface area contributed by atoms with Crippen molar-refractivity contribution in [2.75, 3.05) is 12.0 Å². The zero-order valence-electron chi connectivity index (χ0n) is 20.7. The van der Waals surface area contributed by atoms with Crippen LogP contribution < -0.4 is 15.0 Å². The summed E-state index contributed by atoms with van der Waals surface area (Å²) in [6, 6.07) is 22.6. The van der Waals surface area contributed by atoms with Crippen LogP contribution in [0.1, 0.15) is 45.9 Å². The molecule has 2 aromatic carbocycles. The zero-order valence-corrected chi connectivity index (χ0v) is 21.6. The van der Waals surface area contributed by atoms with Crippen LogP contribution in [0.5, 0.6) is 5.75 Å². The Morgan fingerprint density at radius 3 is 2.31 bits per heavy atom. The maximum absolute atomic E-state index is 5.93. The lowest BCUT2D eigenvalue weighted by atomic mass is 9.96. The van der Waals surface area contributed by atoms with Crippen molar-refractivity contribution in [2.45, 2.75) is 39.8 Å². The number of para-hydroxylation sites is 3. The molecule has 1 aliphatic rings. The van der Waals surface area contributed by atoms with Gasteiger partial charge in [0.05, 0.1) is 36.3 Å². The average Bonchev–Trinajstić information content (AvgIpc) is 3.35. The number of aryl methyl sites for hydroxylation is 3. The Balaban J connectivity index is 1.73. The summed E-state index contributed by atoms with van der Waals surface area (Å²) in [5, 5.41) is 4.23. The Morgan fingerprint density at radius 1 is 0.914 bits per heavy atom. The summed E-state index contributed by atoms with van der Waals surface area (Å²) in [7, 11) is 1.70. The minimum atomic E-state index is -0.111. The number of nitrogens with one attached hydrogen (secondary N) is 1. The first kappa shape index (κ1) is 23.1. The van der Waals surface area contributed by atoms with E-state index in [0.717, 1.165) is 17.1 Å². The highest BCUT2D eigenvalue weighted by Gasteiger charge is 2.43. The van der Waals surface area contributed by atoms with E-state index in [-0.39, 0.29) is 12.1 Å². The van der Waals surface area contributed by atoms with Gasteiger partial charge in [0, 0.05) is 17.6 Å². The number of pyridine rings is 1. The van der Waals surface area contributed by atoms with Crippen LogP contribution >= 0.6 is 12.2 Å². The highest BCUT2D eigenvalue weighted by Crippen LogP contribution is 2.46. The van der Waals surface area contributed by atoms with Gasteiger partial charge in [-0.05, 0) is 86.9 Å². The van der Waals surface area contributed by atoms with Crippen molar-refractivity contribution in [3.63, 3.8) is 0 Å². The molecule has 2 aromatic heterocycles. The topological polar surface area (TPSA) is 42.3 Å². The first-order valence-corrected chi connectivity index (χ1v) is 12.2. The van der Waals surface area contributed by atoms with Gasteiger partial charge in [-0.1, -0.05) is 36.4 Å². The fourth-order valence-electron chi connectivity index (χ4n) is 5.35. The van der Waals surface area contributed by atoms with Crippen molar-refractivity contribution >= 4 is 23.0 Å². The van der Waals surface area contributed by atoms with E-state index in [1.54, 1.807) is 7.11 Å². The third-order valence-electron chi connectivity index (χ3n) is 6.89. The largest absolute Gasteiger partial charge is 0.495 e. The van der Waals surface area contributed by atoms with Gasteiger partial charge in [0.25, 0.3) is 0 Å². The molecule has 0 spiro atoms. The van der Waals surface area contributed by atoms with Gasteiger partial charge in [-0.25, -0.2) is 0 Å². The van der Waals surface area contributed by atoms with Crippen molar-refractivity contribution in [2.24, 2.45) is 0 Å². The van der Waals surface area contributed by atoms with Crippen molar-refractivity contribution in [3.05, 3.63) is 107 Å². The van der Waals surface area contributed by atoms with Gasteiger partial charge in [-0.15, -0.1) is 0 Å². The number of nitrogens with zero attached hydrogens (tertiary/aromatic N) is 3. The number of benzene rings is 2. The van der Waals surface area contributed by atoms with Gasteiger partial charge >= 0.3 is 0 Å². The molecule has 4 aromatic rings. The number of rotatable bonds is 5. The lowest BCUT2D eigenvalue weighted by Crippen LogP contribution is -2.30. The first-order chi connectivity index (χ1) is 16.9. The Labute approximate surface area is 212 Å². The van der Waals surface area contributed by atoms with Crippen molar-refractivity contribution in [1.82, 2.24) is 14.9 Å². The Kier molecular flexibility index (Phi) is 6.07. The number of methoxy groups -OCH3 is 1. The van der Waals surface area contributed by atoms with Crippen LogP contribution in [0.2, 0.25) is 0 Å². The molecule has 178 valence electrons. The lowest BCUT2D eigenvalue weighted by Gasteiger charge is -2.29. The molecule has 1 fully saturated rings. The third kappa shape index (κ3) is 3.88. The van der Waals surface area contributed by atoms with Crippen molar-refractivity contribution in [1.29, 1.82) is 0 Å². The number of anilines is 1. The molecule has 0 aliphatic carbocycles. The normalized spacial score (nSPS) is 17.5. The summed E-state index contributed by atoms with van der Waals surface area (Å²) in [6.45, 7) is 8.72. The molecule has 3 heterocycles. The summed E-state index contributed by atoms with van der Waals surface area (Å²) < 4.78 is 8.11. The van der Waals surface area contributed by atoms with E-state index < -0.39 is 0 Å². The van der Waals surface area contributed by atoms with Crippen LogP contribution in [-0.2, 0) is 0 Å². The number of hydrogen-bond acceptors (Lipinski definition) is 3. The van der Waals surface area contributed by atoms with E-state index in [0.29, 0.717) is 5.11 Å². The van der Waals surface area contributed by atoms with E-state index in [2.05, 4.69) is 78.9 Å². The van der Waals surface area contributed by atoms with Gasteiger partial charge in [-0.2, -0.15) is 0 Å². The molecule has 6 heteroatoms. The molecule has 1 N–H and O–H groups in total. The fraction of sp³-hybridized carbons (Fsp3) is 0.241. The molecule has 1 saturated heterocycles. The fourth-order valence-corrected chi connectivity index (χ4v) is 5.69. The van der Waals surface area contributed by atoms with E-state index >= 15 is 0 Å². The standard InChI is InChI=1S/C29H30N4OS/c1-18-11-10-12-19(2)27(18)32-20(3)17-22(21(32)4)28-26(23-13-8-9-16-30-23)31-29(35)33(28)24-14-6-7-15-25(24)34-5/h6-17,26,28H,1-5H3,(H,31,35)/t26-,28+/m0/s1. The van der Waals surface area contributed by atoms with Crippen LogP contribution in [0.25, 0.3) is 5.69 Å². The van der Waals surface area contributed by atoms with Crippen LogP contribution in [0.15, 0.2) is 72.9 Å². The molecule has 0 amide bonds. The predicted molar refractivity (Wildman–Crippen MR) is 146 cm³/mol. The summed E-state index contributed by atoms with van der Waals surface area (Å²) >= 11 is 5.93. The number of aromatic nitrogens is 2. The molecule has 0 radical (unpaired) electrons. The number of ether oxygens (including phenoxy) is 1. The Morgan fingerprint density at radius 2 is 1.63 bits per heavy atom. The maximum Gasteiger partial charge on any atom is 0.174 e. The van der Waals surface area contributed by atoms with Crippen molar-refractivity contribution < 1.29 is 4.74 Å².